The van der Waals surface area contributed by atoms with Crippen molar-refractivity contribution in [2.24, 2.45) is 0 Å². The van der Waals surface area contributed by atoms with E-state index in [9.17, 15) is 18.5 Å². The maximum Gasteiger partial charge on any atom is 0.273 e. The van der Waals surface area contributed by atoms with E-state index >= 15 is 0 Å². The molecule has 9 nitrogen and oxygen atoms in total. The van der Waals surface area contributed by atoms with Crippen molar-refractivity contribution >= 4 is 15.7 Å². The van der Waals surface area contributed by atoms with Gasteiger partial charge >= 0.3 is 0 Å². The van der Waals surface area contributed by atoms with Gasteiger partial charge in [-0.25, -0.2) is 22.8 Å². The Labute approximate surface area is 155 Å². The maximum absolute atomic E-state index is 12.6. The molecule has 10 heteroatoms. The third kappa shape index (κ3) is 4.01. The maximum atomic E-state index is 12.6. The van der Waals surface area contributed by atoms with Crippen LogP contribution in [-0.4, -0.2) is 28.1 Å². The molecule has 2 aromatic carbocycles. The van der Waals surface area contributed by atoms with Crippen LogP contribution in [0.2, 0.25) is 0 Å². The lowest BCUT2D eigenvalue weighted by Crippen LogP contribution is -2.27. The first-order valence-corrected chi connectivity index (χ1v) is 9.48. The van der Waals surface area contributed by atoms with Gasteiger partial charge in [0.2, 0.25) is 10.0 Å². The number of nitrogens with zero attached hydrogens (tertiary/aromatic N) is 4. The molecule has 0 aliphatic carbocycles. The molecule has 0 bridgehead atoms. The average molecular weight is 387 g/mol. The van der Waals surface area contributed by atoms with Gasteiger partial charge in [0.25, 0.3) is 5.69 Å². The Morgan fingerprint density at radius 2 is 1.89 bits per heavy atom. The number of benzene rings is 2. The molecule has 1 heterocycles. The van der Waals surface area contributed by atoms with Crippen LogP contribution in [0.15, 0.2) is 60.0 Å². The van der Waals surface area contributed by atoms with Gasteiger partial charge in [0.15, 0.2) is 0 Å². The molecule has 3 rings (SSSR count). The molecule has 1 aromatic heterocycles. The van der Waals surface area contributed by atoms with Crippen molar-refractivity contribution in [2.45, 2.75) is 24.8 Å². The quantitative estimate of drug-likeness (QED) is 0.512. The zero-order chi connectivity index (χ0) is 19.6. The molecule has 27 heavy (non-hydrogen) atoms. The topological polar surface area (TPSA) is 120 Å². The third-order valence-corrected chi connectivity index (χ3v) is 5.63. The molecule has 0 saturated carbocycles. The number of nitro benzene ring substituents is 1. The lowest BCUT2D eigenvalue weighted by molar-refractivity contribution is -0.385. The molecule has 0 spiro atoms. The van der Waals surface area contributed by atoms with Crippen molar-refractivity contribution < 1.29 is 13.3 Å². The van der Waals surface area contributed by atoms with Crippen molar-refractivity contribution in [3.63, 3.8) is 0 Å². The van der Waals surface area contributed by atoms with E-state index < -0.39 is 21.0 Å². The Hall–Kier alpha value is -3.11. The Balaban J connectivity index is 1.81. The van der Waals surface area contributed by atoms with Gasteiger partial charge in [0.05, 0.1) is 15.5 Å². The van der Waals surface area contributed by atoms with Crippen molar-refractivity contribution in [1.29, 1.82) is 0 Å². The largest absolute Gasteiger partial charge is 0.273 e. The highest BCUT2D eigenvalue weighted by atomic mass is 32.2. The van der Waals surface area contributed by atoms with Gasteiger partial charge in [-0.05, 0) is 37.6 Å². The summed E-state index contributed by atoms with van der Waals surface area (Å²) in [5.41, 5.74) is 1.70. The molecule has 1 atom stereocenters. The molecule has 0 amide bonds. The summed E-state index contributed by atoms with van der Waals surface area (Å²) in [6, 6.07) is 10.5. The number of aryl methyl sites for hydroxylation is 1. The molecule has 1 N–H and O–H groups in total. The summed E-state index contributed by atoms with van der Waals surface area (Å²) < 4.78 is 29.3. The van der Waals surface area contributed by atoms with E-state index in [1.807, 2.05) is 0 Å². The van der Waals surface area contributed by atoms with Crippen molar-refractivity contribution in [3.05, 3.63) is 76.4 Å². The first kappa shape index (κ1) is 18.7. The van der Waals surface area contributed by atoms with Crippen LogP contribution in [0, 0.1) is 17.0 Å². The minimum Gasteiger partial charge on any atom is -0.258 e. The minimum absolute atomic E-state index is 0.147. The summed E-state index contributed by atoms with van der Waals surface area (Å²) in [6.07, 6.45) is 2.98. The van der Waals surface area contributed by atoms with E-state index in [0.29, 0.717) is 5.56 Å². The van der Waals surface area contributed by atoms with Crippen molar-refractivity contribution in [1.82, 2.24) is 19.5 Å². The van der Waals surface area contributed by atoms with Crippen molar-refractivity contribution in [3.8, 4) is 5.69 Å². The first-order valence-electron chi connectivity index (χ1n) is 8.00. The SMILES string of the molecule is Cc1ccc(S(=O)(=O)N[C@H](C)c2ccc(-n3cncn3)cc2)cc1[N+](=O)[O-]. The number of sulfonamides is 1. The summed E-state index contributed by atoms with van der Waals surface area (Å²) in [7, 11) is -3.92. The van der Waals surface area contributed by atoms with Gasteiger partial charge in [-0.3, -0.25) is 10.1 Å². The lowest BCUT2D eigenvalue weighted by atomic mass is 10.1. The Kier molecular flexibility index (Phi) is 5.02. The second-order valence-corrected chi connectivity index (χ2v) is 7.69. The molecule has 0 radical (unpaired) electrons. The van der Waals surface area contributed by atoms with E-state index in [1.54, 1.807) is 49.1 Å². The highest BCUT2D eigenvalue weighted by Gasteiger charge is 2.22. The van der Waals surface area contributed by atoms with Crippen LogP contribution in [-0.2, 0) is 10.0 Å². The van der Waals surface area contributed by atoms with Gasteiger partial charge in [0.1, 0.15) is 12.7 Å². The monoisotopic (exact) mass is 387 g/mol. The van der Waals surface area contributed by atoms with Gasteiger partial charge in [-0.15, -0.1) is 0 Å². The molecule has 0 aliphatic rings. The number of nitrogens with one attached hydrogen (secondary N) is 1. The predicted molar refractivity (Wildman–Crippen MR) is 97.9 cm³/mol. The van der Waals surface area contributed by atoms with Crippen LogP contribution in [0.3, 0.4) is 0 Å². The van der Waals surface area contributed by atoms with Crippen molar-refractivity contribution in [2.75, 3.05) is 0 Å². The molecular formula is C17H17N5O4S. The fourth-order valence-corrected chi connectivity index (χ4v) is 3.83. The van der Waals surface area contributed by atoms with E-state index in [1.165, 1.54) is 18.5 Å². The zero-order valence-corrected chi connectivity index (χ0v) is 15.4. The van der Waals surface area contributed by atoms with E-state index in [2.05, 4.69) is 14.8 Å². The fraction of sp³-hybridized carbons (Fsp3) is 0.176. The standard InChI is InChI=1S/C17H17N5O4S/c1-12-3-8-16(9-17(12)22(23)24)27(25,26)20-13(2)14-4-6-15(7-5-14)21-11-18-10-19-21/h3-11,13,20H,1-2H3/t13-/m1/s1. The summed E-state index contributed by atoms with van der Waals surface area (Å²) in [6.45, 7) is 3.26. The van der Waals surface area contributed by atoms with Crippen LogP contribution in [0.1, 0.15) is 24.1 Å². The summed E-state index contributed by atoms with van der Waals surface area (Å²) >= 11 is 0. The third-order valence-electron chi connectivity index (χ3n) is 4.10. The molecule has 140 valence electrons. The van der Waals surface area contributed by atoms with Crippen LogP contribution >= 0.6 is 0 Å². The summed E-state index contributed by atoms with van der Waals surface area (Å²) in [5, 5.41) is 15.1. The van der Waals surface area contributed by atoms with Gasteiger partial charge in [0, 0.05) is 17.7 Å². The number of aromatic nitrogens is 3. The summed E-state index contributed by atoms with van der Waals surface area (Å²) in [4.78, 5) is 14.2. The zero-order valence-electron chi connectivity index (χ0n) is 14.6. The van der Waals surface area contributed by atoms with E-state index in [4.69, 9.17) is 0 Å². The van der Waals surface area contributed by atoms with Gasteiger partial charge in [-0.1, -0.05) is 18.2 Å². The molecule has 0 unspecified atom stereocenters. The normalized spacial score (nSPS) is 12.7. The molecule has 0 fully saturated rings. The second-order valence-electron chi connectivity index (χ2n) is 5.98. The van der Waals surface area contributed by atoms with Crippen LogP contribution < -0.4 is 4.72 Å². The lowest BCUT2D eigenvalue weighted by Gasteiger charge is -2.15. The number of hydrogen-bond acceptors (Lipinski definition) is 6. The first-order chi connectivity index (χ1) is 12.8. The molecule has 0 aliphatic heterocycles. The van der Waals surface area contributed by atoms with Crippen LogP contribution in [0.4, 0.5) is 5.69 Å². The predicted octanol–water partition coefficient (Wildman–Crippen LogP) is 2.52. The smallest absolute Gasteiger partial charge is 0.258 e. The van der Waals surface area contributed by atoms with Crippen LogP contribution in [0.25, 0.3) is 5.69 Å². The Bertz CT molecular complexity index is 1060. The average Bonchev–Trinajstić information content (AvgIpc) is 3.16. The highest BCUT2D eigenvalue weighted by Crippen LogP contribution is 2.24. The minimum atomic E-state index is -3.92. The van der Waals surface area contributed by atoms with E-state index in [-0.39, 0.29) is 10.6 Å². The summed E-state index contributed by atoms with van der Waals surface area (Å²) in [5.74, 6) is 0. The number of nitro groups is 1. The van der Waals surface area contributed by atoms with Crippen LogP contribution in [0.5, 0.6) is 0 Å². The number of rotatable bonds is 6. The van der Waals surface area contributed by atoms with Gasteiger partial charge in [-0.2, -0.15) is 5.10 Å². The van der Waals surface area contributed by atoms with Gasteiger partial charge < -0.3 is 0 Å². The van der Waals surface area contributed by atoms with E-state index in [0.717, 1.165) is 17.3 Å². The number of hydrogen-bond donors (Lipinski definition) is 1. The Morgan fingerprint density at radius 1 is 1.19 bits per heavy atom. The molecular weight excluding hydrogens is 370 g/mol. The highest BCUT2D eigenvalue weighted by molar-refractivity contribution is 7.89. The molecule has 0 saturated heterocycles. The molecule has 3 aromatic rings. The second kappa shape index (κ2) is 7.25. The Morgan fingerprint density at radius 3 is 2.48 bits per heavy atom. The fourth-order valence-electron chi connectivity index (χ4n) is 2.58.